The van der Waals surface area contributed by atoms with Crippen LogP contribution in [-0.4, -0.2) is 98.1 Å². The first-order valence-corrected chi connectivity index (χ1v) is 11.8. The monoisotopic (exact) mass is 459 g/mol. The standard InChI is InChI=1S/C23H33N5O5/c29-21(25-23(31)24-18-5-6-19-20(15-18)33-14-13-32-19)16-26-9-11-27(12-10-26)17-22(30)28-7-3-1-2-4-8-28/h5-6,15H,1-4,7-14,16-17H2,(H2,24,25,29,31). The summed E-state index contributed by atoms with van der Waals surface area (Å²) in [5.41, 5.74) is 0.521. The molecule has 0 bridgehead atoms. The van der Waals surface area contributed by atoms with Crippen molar-refractivity contribution in [2.75, 3.05) is 70.9 Å². The van der Waals surface area contributed by atoms with Crippen molar-refractivity contribution < 1.29 is 23.9 Å². The first kappa shape index (κ1) is 23.3. The van der Waals surface area contributed by atoms with Gasteiger partial charge in [-0.15, -0.1) is 0 Å². The Bertz CT molecular complexity index is 848. The zero-order valence-corrected chi connectivity index (χ0v) is 19.0. The summed E-state index contributed by atoms with van der Waals surface area (Å²) < 4.78 is 11.0. The lowest BCUT2D eigenvalue weighted by Gasteiger charge is -2.34. The normalized spacial score (nSPS) is 19.5. The number of carbonyl (C=O) groups excluding carboxylic acids is 3. The van der Waals surface area contributed by atoms with Crippen LogP contribution in [0.4, 0.5) is 10.5 Å². The van der Waals surface area contributed by atoms with Gasteiger partial charge in [0.15, 0.2) is 11.5 Å². The van der Waals surface area contributed by atoms with Gasteiger partial charge in [-0.3, -0.25) is 24.7 Å². The Kier molecular flexibility index (Phi) is 8.01. The quantitative estimate of drug-likeness (QED) is 0.680. The van der Waals surface area contributed by atoms with Crippen LogP contribution in [0, 0.1) is 0 Å². The number of ether oxygens (including phenoxy) is 2. The number of anilines is 1. The summed E-state index contributed by atoms with van der Waals surface area (Å²) in [6.07, 6.45) is 4.60. The third-order valence-corrected chi connectivity index (χ3v) is 6.20. The molecule has 0 atom stereocenters. The molecule has 4 rings (SSSR count). The SMILES string of the molecule is O=C(CN1CCN(CC(=O)N2CCCCCC2)CC1)NC(=O)Nc1ccc2c(c1)OCCO2. The number of likely N-dealkylation sites (tertiary alicyclic amines) is 1. The highest BCUT2D eigenvalue weighted by molar-refractivity contribution is 6.01. The lowest BCUT2D eigenvalue weighted by molar-refractivity contribution is -0.133. The van der Waals surface area contributed by atoms with E-state index in [9.17, 15) is 14.4 Å². The number of hydrogen-bond donors (Lipinski definition) is 2. The maximum Gasteiger partial charge on any atom is 0.325 e. The number of fused-ring (bicyclic) bond motifs is 1. The van der Waals surface area contributed by atoms with Gasteiger partial charge < -0.3 is 19.7 Å². The molecule has 0 aliphatic carbocycles. The molecule has 0 unspecified atom stereocenters. The number of benzene rings is 1. The average Bonchev–Trinajstić information content (AvgIpc) is 3.10. The Hall–Kier alpha value is -2.85. The van der Waals surface area contributed by atoms with Crippen molar-refractivity contribution in [1.29, 1.82) is 0 Å². The van der Waals surface area contributed by atoms with E-state index >= 15 is 0 Å². The summed E-state index contributed by atoms with van der Waals surface area (Å²) >= 11 is 0. The Morgan fingerprint density at radius 1 is 0.788 bits per heavy atom. The molecule has 10 nitrogen and oxygen atoms in total. The first-order valence-electron chi connectivity index (χ1n) is 11.8. The van der Waals surface area contributed by atoms with E-state index in [0.717, 1.165) is 39.0 Å². The van der Waals surface area contributed by atoms with Gasteiger partial charge in [0.25, 0.3) is 0 Å². The van der Waals surface area contributed by atoms with Gasteiger partial charge in [-0.25, -0.2) is 4.79 Å². The van der Waals surface area contributed by atoms with Crippen LogP contribution >= 0.6 is 0 Å². The predicted molar refractivity (Wildman–Crippen MR) is 123 cm³/mol. The average molecular weight is 460 g/mol. The van der Waals surface area contributed by atoms with Gasteiger partial charge in [-0.2, -0.15) is 0 Å². The van der Waals surface area contributed by atoms with E-state index in [1.165, 1.54) is 12.8 Å². The van der Waals surface area contributed by atoms with E-state index in [4.69, 9.17) is 9.47 Å². The van der Waals surface area contributed by atoms with Gasteiger partial charge in [-0.1, -0.05) is 12.8 Å². The summed E-state index contributed by atoms with van der Waals surface area (Å²) in [6, 6.07) is 4.51. The molecule has 180 valence electrons. The maximum atomic E-state index is 12.6. The zero-order valence-electron chi connectivity index (χ0n) is 19.0. The molecule has 10 heteroatoms. The fraction of sp³-hybridized carbons (Fsp3) is 0.609. The molecule has 1 aromatic rings. The van der Waals surface area contributed by atoms with Crippen molar-refractivity contribution in [2.24, 2.45) is 0 Å². The van der Waals surface area contributed by atoms with Gasteiger partial charge in [0.05, 0.1) is 13.1 Å². The number of imide groups is 1. The summed E-state index contributed by atoms with van der Waals surface area (Å²) in [4.78, 5) is 43.2. The number of nitrogens with zero attached hydrogens (tertiary/aromatic N) is 3. The minimum absolute atomic E-state index is 0.141. The van der Waals surface area contributed by atoms with Crippen molar-refractivity contribution in [3.05, 3.63) is 18.2 Å². The summed E-state index contributed by atoms with van der Waals surface area (Å²) in [7, 11) is 0. The third-order valence-electron chi connectivity index (χ3n) is 6.20. The first-order chi connectivity index (χ1) is 16.1. The molecule has 0 radical (unpaired) electrons. The highest BCUT2D eigenvalue weighted by Crippen LogP contribution is 2.32. The van der Waals surface area contributed by atoms with Gasteiger partial charge in [0.2, 0.25) is 11.8 Å². The Morgan fingerprint density at radius 3 is 2.12 bits per heavy atom. The second kappa shape index (κ2) is 11.3. The molecule has 3 heterocycles. The summed E-state index contributed by atoms with van der Waals surface area (Å²) in [5, 5.41) is 5.02. The third kappa shape index (κ3) is 6.82. The molecule has 3 aliphatic rings. The number of urea groups is 1. The summed E-state index contributed by atoms with van der Waals surface area (Å²) in [5.74, 6) is 1.05. The zero-order chi connectivity index (χ0) is 23.0. The highest BCUT2D eigenvalue weighted by Gasteiger charge is 2.24. The van der Waals surface area contributed by atoms with Crippen LogP contribution in [0.2, 0.25) is 0 Å². The van der Waals surface area contributed by atoms with Crippen molar-refractivity contribution in [3.8, 4) is 11.5 Å². The van der Waals surface area contributed by atoms with Gasteiger partial charge >= 0.3 is 6.03 Å². The fourth-order valence-corrected chi connectivity index (χ4v) is 4.37. The Morgan fingerprint density at radius 2 is 1.42 bits per heavy atom. The molecule has 0 saturated carbocycles. The van der Waals surface area contributed by atoms with Gasteiger partial charge in [0.1, 0.15) is 13.2 Å². The van der Waals surface area contributed by atoms with Crippen LogP contribution in [0.25, 0.3) is 0 Å². The number of amides is 4. The van der Waals surface area contributed by atoms with Crippen molar-refractivity contribution in [3.63, 3.8) is 0 Å². The minimum atomic E-state index is -0.585. The van der Waals surface area contributed by atoms with Crippen LogP contribution in [0.15, 0.2) is 18.2 Å². The topological polar surface area (TPSA) is 103 Å². The van der Waals surface area contributed by atoms with Crippen LogP contribution in [0.3, 0.4) is 0 Å². The number of nitrogens with one attached hydrogen (secondary N) is 2. The van der Waals surface area contributed by atoms with E-state index in [-0.39, 0.29) is 18.4 Å². The van der Waals surface area contributed by atoms with Crippen LogP contribution in [0.1, 0.15) is 25.7 Å². The minimum Gasteiger partial charge on any atom is -0.486 e. The van der Waals surface area contributed by atoms with Gasteiger partial charge in [0, 0.05) is 51.0 Å². The summed E-state index contributed by atoms with van der Waals surface area (Å²) in [6.45, 7) is 6.11. The molecule has 2 fully saturated rings. The smallest absolute Gasteiger partial charge is 0.325 e. The number of piperazine rings is 1. The number of rotatable bonds is 5. The van der Waals surface area contributed by atoms with Crippen LogP contribution in [-0.2, 0) is 9.59 Å². The lowest BCUT2D eigenvalue weighted by Crippen LogP contribution is -2.52. The van der Waals surface area contributed by atoms with Crippen molar-refractivity contribution in [1.82, 2.24) is 20.0 Å². The van der Waals surface area contributed by atoms with Gasteiger partial charge in [-0.05, 0) is 25.0 Å². The maximum absolute atomic E-state index is 12.6. The van der Waals surface area contributed by atoms with E-state index in [1.807, 2.05) is 9.80 Å². The molecule has 33 heavy (non-hydrogen) atoms. The number of hydrogen-bond acceptors (Lipinski definition) is 7. The molecule has 1 aromatic carbocycles. The second-order valence-electron chi connectivity index (χ2n) is 8.71. The highest BCUT2D eigenvalue weighted by atomic mass is 16.6. The Labute approximate surface area is 194 Å². The predicted octanol–water partition coefficient (Wildman–Crippen LogP) is 1.13. The molecule has 2 saturated heterocycles. The fourth-order valence-electron chi connectivity index (χ4n) is 4.37. The molecule has 3 aliphatic heterocycles. The molecule has 2 N–H and O–H groups in total. The molecule has 4 amide bonds. The lowest BCUT2D eigenvalue weighted by atomic mass is 10.2. The van der Waals surface area contributed by atoms with Crippen LogP contribution < -0.4 is 20.1 Å². The van der Waals surface area contributed by atoms with E-state index in [0.29, 0.717) is 50.0 Å². The molecular weight excluding hydrogens is 426 g/mol. The molecular formula is C23H33N5O5. The number of carbonyl (C=O) groups is 3. The second-order valence-corrected chi connectivity index (χ2v) is 8.71. The molecule has 0 spiro atoms. The van der Waals surface area contributed by atoms with Crippen molar-refractivity contribution in [2.45, 2.75) is 25.7 Å². The Balaban J connectivity index is 1.15. The largest absolute Gasteiger partial charge is 0.486 e. The van der Waals surface area contributed by atoms with E-state index in [2.05, 4.69) is 15.5 Å². The van der Waals surface area contributed by atoms with Crippen LogP contribution in [0.5, 0.6) is 11.5 Å². The van der Waals surface area contributed by atoms with E-state index < -0.39 is 6.03 Å². The van der Waals surface area contributed by atoms with E-state index in [1.54, 1.807) is 18.2 Å². The van der Waals surface area contributed by atoms with Crippen molar-refractivity contribution >= 4 is 23.5 Å². The molecule has 0 aromatic heterocycles.